The van der Waals surface area contributed by atoms with Gasteiger partial charge in [-0.1, -0.05) is 194 Å². The Bertz CT molecular complexity index is 1310. The molecule has 0 radical (unpaired) electrons. The molecule has 0 saturated heterocycles. The van der Waals surface area contributed by atoms with Crippen LogP contribution in [0.1, 0.15) is 207 Å². The summed E-state index contributed by atoms with van der Waals surface area (Å²) in [6.07, 6.45) is 66.6. The molecule has 0 N–H and O–H groups in total. The van der Waals surface area contributed by atoms with Crippen LogP contribution in [0.5, 0.6) is 0 Å². The summed E-state index contributed by atoms with van der Waals surface area (Å²) < 4.78 is 16.7. The van der Waals surface area contributed by atoms with Gasteiger partial charge in [-0.3, -0.25) is 14.4 Å². The number of hydrogen-bond acceptors (Lipinski definition) is 6. The lowest BCUT2D eigenvalue weighted by molar-refractivity contribution is -0.166. The third-order valence-corrected chi connectivity index (χ3v) is 10.0. The van der Waals surface area contributed by atoms with E-state index in [1.165, 1.54) is 64.2 Å². The number of hydrogen-bond donors (Lipinski definition) is 0. The third kappa shape index (κ3) is 47.1. The first-order valence-corrected chi connectivity index (χ1v) is 24.9. The fraction of sp³-hybridized carbons (Fsp3) is 0.625. The predicted octanol–water partition coefficient (Wildman–Crippen LogP) is 16.4. The van der Waals surface area contributed by atoms with Crippen molar-refractivity contribution in [3.63, 3.8) is 0 Å². The minimum absolute atomic E-state index is 0.130. The maximum absolute atomic E-state index is 12.8. The van der Waals surface area contributed by atoms with Gasteiger partial charge in [0, 0.05) is 19.3 Å². The predicted molar refractivity (Wildman–Crippen MR) is 265 cm³/mol. The summed E-state index contributed by atoms with van der Waals surface area (Å²) in [6, 6.07) is 0. The van der Waals surface area contributed by atoms with E-state index in [2.05, 4.69) is 124 Å². The fourth-order valence-corrected chi connectivity index (χ4v) is 6.33. The highest BCUT2D eigenvalue weighted by atomic mass is 16.6. The van der Waals surface area contributed by atoms with Crippen LogP contribution in [-0.4, -0.2) is 37.2 Å². The van der Waals surface area contributed by atoms with Gasteiger partial charge in [0.2, 0.25) is 0 Å². The van der Waals surface area contributed by atoms with E-state index in [-0.39, 0.29) is 44.0 Å². The normalized spacial score (nSPS) is 13.0. The van der Waals surface area contributed by atoms with Gasteiger partial charge in [0.1, 0.15) is 13.2 Å². The van der Waals surface area contributed by atoms with Crippen molar-refractivity contribution in [2.75, 3.05) is 13.2 Å². The molecule has 0 aliphatic heterocycles. The molecule has 0 saturated carbocycles. The van der Waals surface area contributed by atoms with Gasteiger partial charge in [0.05, 0.1) is 0 Å². The molecule has 0 amide bonds. The molecule has 0 aromatic rings. The van der Waals surface area contributed by atoms with Crippen LogP contribution in [0.3, 0.4) is 0 Å². The van der Waals surface area contributed by atoms with Crippen molar-refractivity contribution >= 4 is 17.9 Å². The summed E-state index contributed by atoms with van der Waals surface area (Å²) in [5.41, 5.74) is 0. The molecule has 350 valence electrons. The highest BCUT2D eigenvalue weighted by molar-refractivity contribution is 5.71. The van der Waals surface area contributed by atoms with Gasteiger partial charge in [-0.05, 0) is 103 Å². The summed E-state index contributed by atoms with van der Waals surface area (Å²) in [4.78, 5) is 37.9. The van der Waals surface area contributed by atoms with Crippen molar-refractivity contribution in [2.45, 2.75) is 213 Å². The van der Waals surface area contributed by atoms with E-state index in [0.29, 0.717) is 19.3 Å². The zero-order valence-electron chi connectivity index (χ0n) is 39.8. The fourth-order valence-electron chi connectivity index (χ4n) is 6.33. The topological polar surface area (TPSA) is 78.9 Å². The first-order chi connectivity index (χ1) is 30.5. The van der Waals surface area contributed by atoms with Crippen LogP contribution in [0.25, 0.3) is 0 Å². The molecule has 0 spiro atoms. The summed E-state index contributed by atoms with van der Waals surface area (Å²) >= 11 is 0. The first-order valence-electron chi connectivity index (χ1n) is 24.9. The lowest BCUT2D eigenvalue weighted by Gasteiger charge is -2.18. The smallest absolute Gasteiger partial charge is 0.306 e. The Balaban J connectivity index is 4.56. The van der Waals surface area contributed by atoms with Gasteiger partial charge in [-0.2, -0.15) is 0 Å². The highest BCUT2D eigenvalue weighted by Crippen LogP contribution is 2.12. The summed E-state index contributed by atoms with van der Waals surface area (Å²) in [7, 11) is 0. The SMILES string of the molecule is CC/C=C\C/C=C\C/C=C\C/C=C\C/C=C\CCCC(=O)OCC(COC(=O)CC/C=C\C/C=C\CCCCCCCC)OC(=O)CCCCCCCCC/C=C\C/C=C\CC. The zero-order valence-corrected chi connectivity index (χ0v) is 39.8. The molecular formula is C56H90O6. The van der Waals surface area contributed by atoms with E-state index in [1.807, 2.05) is 6.08 Å². The molecule has 0 aliphatic rings. The molecule has 6 heteroatoms. The zero-order chi connectivity index (χ0) is 45.1. The molecule has 0 bridgehead atoms. The molecular weight excluding hydrogens is 769 g/mol. The first kappa shape index (κ1) is 58.1. The van der Waals surface area contributed by atoms with Gasteiger partial charge in [0.15, 0.2) is 6.10 Å². The van der Waals surface area contributed by atoms with E-state index >= 15 is 0 Å². The van der Waals surface area contributed by atoms with Crippen LogP contribution in [0.2, 0.25) is 0 Å². The Morgan fingerprint density at radius 2 is 0.677 bits per heavy atom. The minimum Gasteiger partial charge on any atom is -0.462 e. The Labute approximate surface area is 380 Å². The van der Waals surface area contributed by atoms with Crippen LogP contribution < -0.4 is 0 Å². The molecule has 1 atom stereocenters. The highest BCUT2D eigenvalue weighted by Gasteiger charge is 2.19. The van der Waals surface area contributed by atoms with E-state index in [9.17, 15) is 14.4 Å². The van der Waals surface area contributed by atoms with Gasteiger partial charge in [0.25, 0.3) is 0 Å². The van der Waals surface area contributed by atoms with Crippen molar-refractivity contribution < 1.29 is 28.6 Å². The van der Waals surface area contributed by atoms with Gasteiger partial charge in [-0.15, -0.1) is 0 Å². The van der Waals surface area contributed by atoms with Crippen LogP contribution in [-0.2, 0) is 28.6 Å². The van der Waals surface area contributed by atoms with E-state index in [1.54, 1.807) is 0 Å². The second-order valence-electron chi connectivity index (χ2n) is 16.0. The average Bonchev–Trinajstić information content (AvgIpc) is 3.27. The van der Waals surface area contributed by atoms with Gasteiger partial charge < -0.3 is 14.2 Å². The maximum Gasteiger partial charge on any atom is 0.306 e. The third-order valence-electron chi connectivity index (χ3n) is 10.0. The van der Waals surface area contributed by atoms with Crippen LogP contribution in [0, 0.1) is 0 Å². The second-order valence-corrected chi connectivity index (χ2v) is 16.0. The number of unbranched alkanes of at least 4 members (excludes halogenated alkanes) is 14. The summed E-state index contributed by atoms with van der Waals surface area (Å²) in [6.45, 7) is 6.28. The lowest BCUT2D eigenvalue weighted by Crippen LogP contribution is -2.30. The lowest BCUT2D eigenvalue weighted by atomic mass is 10.1. The maximum atomic E-state index is 12.8. The minimum atomic E-state index is -0.828. The monoisotopic (exact) mass is 859 g/mol. The Morgan fingerprint density at radius 3 is 1.13 bits per heavy atom. The number of carbonyl (C=O) groups is 3. The van der Waals surface area contributed by atoms with Crippen molar-refractivity contribution in [1.29, 1.82) is 0 Å². The molecule has 62 heavy (non-hydrogen) atoms. The molecule has 1 unspecified atom stereocenters. The van der Waals surface area contributed by atoms with Gasteiger partial charge >= 0.3 is 17.9 Å². The van der Waals surface area contributed by atoms with E-state index in [4.69, 9.17) is 14.2 Å². The van der Waals surface area contributed by atoms with Crippen molar-refractivity contribution in [2.24, 2.45) is 0 Å². The molecule has 0 aromatic heterocycles. The van der Waals surface area contributed by atoms with Crippen molar-refractivity contribution in [1.82, 2.24) is 0 Å². The molecule has 0 fully saturated rings. The number of esters is 3. The van der Waals surface area contributed by atoms with Crippen LogP contribution in [0.15, 0.2) is 109 Å². The van der Waals surface area contributed by atoms with Crippen molar-refractivity contribution in [3.8, 4) is 0 Å². The van der Waals surface area contributed by atoms with Gasteiger partial charge in [-0.25, -0.2) is 0 Å². The molecule has 0 aromatic carbocycles. The molecule has 6 nitrogen and oxygen atoms in total. The Morgan fingerprint density at radius 1 is 0.339 bits per heavy atom. The quantitative estimate of drug-likeness (QED) is 0.0263. The Kier molecular flexibility index (Phi) is 46.6. The largest absolute Gasteiger partial charge is 0.462 e. The van der Waals surface area contributed by atoms with Crippen molar-refractivity contribution in [3.05, 3.63) is 109 Å². The number of allylic oxidation sites excluding steroid dienone is 18. The van der Waals surface area contributed by atoms with E-state index in [0.717, 1.165) is 89.9 Å². The molecule has 0 aliphatic carbocycles. The molecule has 0 heterocycles. The summed E-state index contributed by atoms with van der Waals surface area (Å²) in [5, 5.41) is 0. The standard InChI is InChI=1S/C56H90O6/c1-4-7-10-13-16-19-22-25-27-28-29-32-34-37-40-43-46-49-55(58)61-52-53(51-60-54(57)48-45-42-39-36-33-30-24-21-18-15-12-9-6-3)62-56(59)50-47-44-41-38-35-31-26-23-20-17-14-11-8-5-2/h7-8,10-11,16-17,19-20,25,27,29-30,32-33,37,39-40,42,53H,4-6,9,12-15,18,21-24,26,28,31,34-36,38,41,43-52H2,1-3H3/b10-7-,11-8-,19-16-,20-17-,27-25-,32-29-,33-30-,40-37-,42-39-. The van der Waals surface area contributed by atoms with Crippen LogP contribution >= 0.6 is 0 Å². The van der Waals surface area contributed by atoms with E-state index < -0.39 is 6.10 Å². The number of rotatable bonds is 43. The number of carbonyl (C=O) groups excluding carboxylic acids is 3. The van der Waals surface area contributed by atoms with Crippen LogP contribution in [0.4, 0.5) is 0 Å². The Hall–Kier alpha value is -3.93. The average molecular weight is 859 g/mol. The second kappa shape index (κ2) is 49.7. The number of ether oxygens (including phenoxy) is 3. The molecule has 0 rings (SSSR count). The summed E-state index contributed by atoms with van der Waals surface area (Å²) in [5.74, 6) is -1.07.